The molecule has 0 saturated carbocycles. The van der Waals surface area contributed by atoms with E-state index in [9.17, 15) is 4.39 Å². The van der Waals surface area contributed by atoms with Crippen LogP contribution in [0.2, 0.25) is 0 Å². The summed E-state index contributed by atoms with van der Waals surface area (Å²) >= 11 is 0. The zero-order chi connectivity index (χ0) is 11.1. The van der Waals surface area contributed by atoms with Gasteiger partial charge >= 0.3 is 0 Å². The Morgan fingerprint density at radius 1 is 1.44 bits per heavy atom. The Morgan fingerprint density at radius 3 is 2.56 bits per heavy atom. The summed E-state index contributed by atoms with van der Waals surface area (Å²) in [7, 11) is 0. The van der Waals surface area contributed by atoms with E-state index in [4.69, 9.17) is 15.7 Å². The summed E-state index contributed by atoms with van der Waals surface area (Å²) in [5.41, 5.74) is 5.67. The van der Waals surface area contributed by atoms with Crippen LogP contribution < -0.4 is 10.5 Å². The number of rotatable bonds is 4. The van der Waals surface area contributed by atoms with Gasteiger partial charge in [0.2, 0.25) is 0 Å². The van der Waals surface area contributed by atoms with Crippen molar-refractivity contribution >= 4 is 12.4 Å². The molecule has 5 heteroatoms. The molecule has 0 atom stereocenters. The van der Waals surface area contributed by atoms with Gasteiger partial charge < -0.3 is 10.5 Å². The molecule has 0 bridgehead atoms. The lowest BCUT2D eigenvalue weighted by molar-refractivity contribution is 0.318. The molecule has 86 valence electrons. The number of hydrogen-bond donors (Lipinski definition) is 1. The van der Waals surface area contributed by atoms with Gasteiger partial charge in [-0.3, -0.25) is 0 Å². The summed E-state index contributed by atoms with van der Waals surface area (Å²) in [6, 6.07) is 8.44. The van der Waals surface area contributed by atoms with Gasteiger partial charge in [-0.2, -0.15) is 5.26 Å². The number of nitrogens with zero attached hydrogens (tertiary/aromatic N) is 1. The summed E-state index contributed by atoms with van der Waals surface area (Å²) < 4.78 is 17.9. The number of halogens is 2. The molecule has 0 spiro atoms. The molecule has 0 radical (unpaired) electrons. The first-order chi connectivity index (χ1) is 7.26. The highest BCUT2D eigenvalue weighted by atomic mass is 35.5. The molecule has 0 aliphatic rings. The van der Waals surface area contributed by atoms with E-state index in [0.29, 0.717) is 11.3 Å². The van der Waals surface area contributed by atoms with Gasteiger partial charge in [0, 0.05) is 6.54 Å². The first-order valence-electron chi connectivity index (χ1n) is 4.44. The van der Waals surface area contributed by atoms with Crippen molar-refractivity contribution in [1.29, 1.82) is 5.26 Å². The first kappa shape index (κ1) is 14.4. The molecule has 3 nitrogen and oxygen atoms in total. The molecule has 0 aliphatic heterocycles. The minimum absolute atomic E-state index is 0. The molecule has 2 N–H and O–H groups in total. The highest BCUT2D eigenvalue weighted by Crippen LogP contribution is 2.12. The van der Waals surface area contributed by atoms with Crippen LogP contribution in [-0.2, 0) is 0 Å². The van der Waals surface area contributed by atoms with Crippen LogP contribution in [-0.4, -0.2) is 13.2 Å². The topological polar surface area (TPSA) is 59.0 Å². The summed E-state index contributed by atoms with van der Waals surface area (Å²) in [6.45, 7) is 0.0195. The molecular weight excluding hydrogens is 231 g/mol. The van der Waals surface area contributed by atoms with Gasteiger partial charge in [-0.1, -0.05) is 0 Å². The van der Waals surface area contributed by atoms with E-state index in [1.165, 1.54) is 6.08 Å². The van der Waals surface area contributed by atoms with Gasteiger partial charge in [0.15, 0.2) is 0 Å². The Hall–Kier alpha value is -1.57. The third-order valence-corrected chi connectivity index (χ3v) is 1.70. The third-order valence-electron chi connectivity index (χ3n) is 1.70. The molecule has 0 saturated heterocycles. The molecule has 16 heavy (non-hydrogen) atoms. The SMILES string of the molecule is Cl.N#Cc1ccc(OC/C(F)=C/CN)cc1. The molecule has 0 heterocycles. The summed E-state index contributed by atoms with van der Waals surface area (Å²) in [6.07, 6.45) is 1.25. The fourth-order valence-corrected chi connectivity index (χ4v) is 0.965. The van der Waals surface area contributed by atoms with E-state index in [2.05, 4.69) is 0 Å². The Kier molecular flexibility index (Phi) is 6.93. The number of ether oxygens (including phenoxy) is 1. The highest BCUT2D eigenvalue weighted by molar-refractivity contribution is 5.85. The van der Waals surface area contributed by atoms with E-state index in [-0.39, 0.29) is 25.6 Å². The van der Waals surface area contributed by atoms with Gasteiger partial charge in [-0.15, -0.1) is 12.4 Å². The van der Waals surface area contributed by atoms with Crippen molar-refractivity contribution in [2.24, 2.45) is 5.73 Å². The fourth-order valence-electron chi connectivity index (χ4n) is 0.965. The van der Waals surface area contributed by atoms with E-state index < -0.39 is 5.83 Å². The maximum absolute atomic E-state index is 12.8. The Morgan fingerprint density at radius 2 is 2.06 bits per heavy atom. The van der Waals surface area contributed by atoms with Gasteiger partial charge in [0.25, 0.3) is 0 Å². The lowest BCUT2D eigenvalue weighted by atomic mass is 10.2. The van der Waals surface area contributed by atoms with Crippen LogP contribution >= 0.6 is 12.4 Å². The molecule has 0 aromatic heterocycles. The van der Waals surface area contributed by atoms with Crippen LogP contribution in [0.15, 0.2) is 36.2 Å². The van der Waals surface area contributed by atoms with Crippen LogP contribution in [0.25, 0.3) is 0 Å². The monoisotopic (exact) mass is 242 g/mol. The standard InChI is InChI=1S/C11H11FN2O.ClH/c12-10(5-6-13)8-15-11-3-1-9(7-14)2-4-11;/h1-5H,6,8,13H2;1H/b10-5-;. The maximum atomic E-state index is 12.8. The lowest BCUT2D eigenvalue weighted by Gasteiger charge is -2.03. The molecule has 0 aliphatic carbocycles. The minimum atomic E-state index is -0.401. The normalized spacial score (nSPS) is 10.2. The van der Waals surface area contributed by atoms with Crippen LogP contribution in [0, 0.1) is 11.3 Å². The average Bonchev–Trinajstić information content (AvgIpc) is 2.27. The van der Waals surface area contributed by atoms with Crippen molar-refractivity contribution in [3.63, 3.8) is 0 Å². The van der Waals surface area contributed by atoms with Gasteiger partial charge in [-0.05, 0) is 30.3 Å². The second kappa shape index (κ2) is 7.69. The van der Waals surface area contributed by atoms with E-state index in [1.807, 2.05) is 6.07 Å². The highest BCUT2D eigenvalue weighted by Gasteiger charge is 1.97. The van der Waals surface area contributed by atoms with Gasteiger partial charge in [0.1, 0.15) is 18.2 Å². The number of hydrogen-bond acceptors (Lipinski definition) is 3. The lowest BCUT2D eigenvalue weighted by Crippen LogP contribution is -2.01. The second-order valence-corrected chi connectivity index (χ2v) is 2.81. The van der Waals surface area contributed by atoms with Crippen molar-refractivity contribution < 1.29 is 9.13 Å². The number of benzene rings is 1. The molecule has 0 amide bonds. The zero-order valence-corrected chi connectivity index (χ0v) is 9.34. The molecule has 1 rings (SSSR count). The molecule has 0 unspecified atom stereocenters. The van der Waals surface area contributed by atoms with Crippen molar-refractivity contribution in [3.05, 3.63) is 41.7 Å². The quantitative estimate of drug-likeness (QED) is 0.880. The van der Waals surface area contributed by atoms with Crippen molar-refractivity contribution in [3.8, 4) is 11.8 Å². The predicted molar refractivity (Wildman–Crippen MR) is 62.1 cm³/mol. The third kappa shape index (κ3) is 4.78. The largest absolute Gasteiger partial charge is 0.487 e. The van der Waals surface area contributed by atoms with Crippen LogP contribution in [0.5, 0.6) is 5.75 Å². The second-order valence-electron chi connectivity index (χ2n) is 2.81. The van der Waals surface area contributed by atoms with Crippen molar-refractivity contribution in [2.75, 3.05) is 13.2 Å². The van der Waals surface area contributed by atoms with E-state index in [0.717, 1.165) is 0 Å². The number of nitriles is 1. The predicted octanol–water partition coefficient (Wildman–Crippen LogP) is 2.17. The van der Waals surface area contributed by atoms with Crippen molar-refractivity contribution in [2.45, 2.75) is 0 Å². The molecule has 1 aromatic carbocycles. The maximum Gasteiger partial charge on any atom is 0.139 e. The molecular formula is C11H12ClFN2O. The Bertz CT molecular complexity index is 384. The Balaban J connectivity index is 0.00000225. The zero-order valence-electron chi connectivity index (χ0n) is 8.52. The number of nitrogens with two attached hydrogens (primary N) is 1. The van der Waals surface area contributed by atoms with Gasteiger partial charge in [-0.25, -0.2) is 4.39 Å². The summed E-state index contributed by atoms with van der Waals surface area (Å²) in [5.74, 6) is 0.122. The molecule has 0 fully saturated rings. The van der Waals surface area contributed by atoms with E-state index >= 15 is 0 Å². The average molecular weight is 243 g/mol. The van der Waals surface area contributed by atoms with Crippen LogP contribution in [0.4, 0.5) is 4.39 Å². The van der Waals surface area contributed by atoms with E-state index in [1.54, 1.807) is 24.3 Å². The Labute approximate surface area is 99.7 Å². The summed E-state index contributed by atoms with van der Waals surface area (Å²) in [4.78, 5) is 0. The van der Waals surface area contributed by atoms with Crippen LogP contribution in [0.3, 0.4) is 0 Å². The minimum Gasteiger partial charge on any atom is -0.487 e. The first-order valence-corrected chi connectivity index (χ1v) is 4.44. The van der Waals surface area contributed by atoms with Gasteiger partial charge in [0.05, 0.1) is 11.6 Å². The van der Waals surface area contributed by atoms with Crippen LogP contribution in [0.1, 0.15) is 5.56 Å². The smallest absolute Gasteiger partial charge is 0.139 e. The summed E-state index contributed by atoms with van der Waals surface area (Å²) in [5, 5.41) is 8.54. The fraction of sp³-hybridized carbons (Fsp3) is 0.182. The molecule has 1 aromatic rings. The van der Waals surface area contributed by atoms with Crippen molar-refractivity contribution in [1.82, 2.24) is 0 Å².